The van der Waals surface area contributed by atoms with Crippen LogP contribution in [0.1, 0.15) is 18.5 Å². The number of nitrogens with one attached hydrogen (secondary N) is 1. The van der Waals surface area contributed by atoms with E-state index in [1.807, 2.05) is 24.3 Å². The number of hydrogen-bond donors (Lipinski definition) is 2. The zero-order chi connectivity index (χ0) is 18.0. The van der Waals surface area contributed by atoms with Crippen LogP contribution in [0.25, 0.3) is 0 Å². The second-order valence-electron chi connectivity index (χ2n) is 6.38. The van der Waals surface area contributed by atoms with E-state index in [2.05, 4.69) is 15.9 Å². The van der Waals surface area contributed by atoms with Gasteiger partial charge in [0.05, 0.1) is 37.9 Å². The molecule has 2 heterocycles. The minimum Gasteiger partial charge on any atom is -0.503 e. The van der Waals surface area contributed by atoms with Crippen molar-refractivity contribution in [1.82, 2.24) is 4.90 Å². The molecule has 2 aliphatic heterocycles. The van der Waals surface area contributed by atoms with Crippen LogP contribution < -0.4 is 4.90 Å². The lowest BCUT2D eigenvalue weighted by atomic mass is 9.97. The second kappa shape index (κ2) is 7.68. The van der Waals surface area contributed by atoms with Gasteiger partial charge in [0.1, 0.15) is 13.1 Å². The van der Waals surface area contributed by atoms with Crippen LogP contribution in [0.4, 0.5) is 0 Å². The average molecular weight is 410 g/mol. The largest absolute Gasteiger partial charge is 0.503 e. The molecule has 1 atom stereocenters. The van der Waals surface area contributed by atoms with Crippen LogP contribution in [0.3, 0.4) is 0 Å². The highest BCUT2D eigenvalue weighted by molar-refractivity contribution is 9.10. The molecule has 0 aromatic heterocycles. The molecule has 0 radical (unpaired) electrons. The van der Waals surface area contributed by atoms with Gasteiger partial charge in [-0.2, -0.15) is 0 Å². The van der Waals surface area contributed by atoms with Crippen LogP contribution >= 0.6 is 15.9 Å². The summed E-state index contributed by atoms with van der Waals surface area (Å²) in [5.41, 5.74) is 1.01. The Morgan fingerprint density at radius 2 is 1.96 bits per heavy atom. The molecule has 1 aromatic carbocycles. The molecular weight excluding hydrogens is 388 g/mol. The summed E-state index contributed by atoms with van der Waals surface area (Å²) in [6.45, 7) is 5.90. The van der Waals surface area contributed by atoms with Gasteiger partial charge in [-0.3, -0.25) is 9.59 Å². The standard InChI is InChI=1S/C18H21BrN2O4/c1-12(22)15-16(13-2-4-14(19)5-3-13)21(18(24)17(15)23)7-6-20-8-10-25-11-9-20/h2-5,16,23H,6-11H2,1H3/p+1/t16-/m0/s1. The summed E-state index contributed by atoms with van der Waals surface area (Å²) in [6, 6.07) is 6.96. The molecule has 1 aromatic rings. The molecule has 0 spiro atoms. The highest BCUT2D eigenvalue weighted by atomic mass is 79.9. The smallest absolute Gasteiger partial charge is 0.290 e. The minimum atomic E-state index is -0.529. The number of carbonyl (C=O) groups is 2. The Labute approximate surface area is 155 Å². The van der Waals surface area contributed by atoms with E-state index in [0.717, 1.165) is 42.9 Å². The fourth-order valence-electron chi connectivity index (χ4n) is 3.42. The fourth-order valence-corrected chi connectivity index (χ4v) is 3.69. The summed E-state index contributed by atoms with van der Waals surface area (Å²) in [6.07, 6.45) is 0. The van der Waals surface area contributed by atoms with Crippen molar-refractivity contribution in [2.75, 3.05) is 39.4 Å². The molecule has 134 valence electrons. The number of ether oxygens (including phenoxy) is 1. The summed E-state index contributed by atoms with van der Waals surface area (Å²) in [7, 11) is 0. The lowest BCUT2D eigenvalue weighted by Gasteiger charge is -2.29. The van der Waals surface area contributed by atoms with Gasteiger partial charge in [-0.05, 0) is 24.6 Å². The highest BCUT2D eigenvalue weighted by Crippen LogP contribution is 2.37. The van der Waals surface area contributed by atoms with Gasteiger partial charge in [0, 0.05) is 4.47 Å². The molecule has 0 unspecified atom stereocenters. The molecule has 0 saturated carbocycles. The van der Waals surface area contributed by atoms with Gasteiger partial charge < -0.3 is 19.6 Å². The van der Waals surface area contributed by atoms with Crippen molar-refractivity contribution >= 4 is 27.6 Å². The zero-order valence-electron chi connectivity index (χ0n) is 14.1. The number of aliphatic hydroxyl groups is 1. The molecule has 1 fully saturated rings. The van der Waals surface area contributed by atoms with Crippen LogP contribution in [0.2, 0.25) is 0 Å². The van der Waals surface area contributed by atoms with Gasteiger partial charge in [-0.25, -0.2) is 0 Å². The first-order chi connectivity index (χ1) is 12.0. The first kappa shape index (κ1) is 18.1. The molecule has 1 saturated heterocycles. The Kier molecular flexibility index (Phi) is 5.56. The van der Waals surface area contributed by atoms with E-state index in [9.17, 15) is 14.7 Å². The molecule has 3 rings (SSSR count). The Bertz CT molecular complexity index is 696. The maximum Gasteiger partial charge on any atom is 0.290 e. The van der Waals surface area contributed by atoms with E-state index >= 15 is 0 Å². The van der Waals surface area contributed by atoms with Crippen LogP contribution in [-0.2, 0) is 14.3 Å². The normalized spacial score (nSPS) is 21.9. The van der Waals surface area contributed by atoms with E-state index in [1.54, 1.807) is 4.90 Å². The summed E-state index contributed by atoms with van der Waals surface area (Å²) in [4.78, 5) is 27.6. The predicted molar refractivity (Wildman–Crippen MR) is 95.3 cm³/mol. The molecule has 1 amide bonds. The number of aliphatic hydroxyl groups excluding tert-OH is 1. The molecule has 7 heteroatoms. The SMILES string of the molecule is CC(=O)C1=C(O)C(=O)N(CC[NH+]2CCOCC2)[C@H]1c1ccc(Br)cc1. The summed E-state index contributed by atoms with van der Waals surface area (Å²) in [5, 5.41) is 10.3. The van der Waals surface area contributed by atoms with Crippen molar-refractivity contribution < 1.29 is 24.3 Å². The van der Waals surface area contributed by atoms with Crippen molar-refractivity contribution in [3.63, 3.8) is 0 Å². The number of quaternary nitrogens is 1. The highest BCUT2D eigenvalue weighted by Gasteiger charge is 2.42. The van der Waals surface area contributed by atoms with Gasteiger partial charge in [0.25, 0.3) is 5.91 Å². The Balaban J connectivity index is 1.85. The molecule has 6 nitrogen and oxygen atoms in total. The monoisotopic (exact) mass is 409 g/mol. The van der Waals surface area contributed by atoms with Gasteiger partial charge in [-0.15, -0.1) is 0 Å². The topological polar surface area (TPSA) is 71.3 Å². The second-order valence-corrected chi connectivity index (χ2v) is 7.30. The summed E-state index contributed by atoms with van der Waals surface area (Å²) in [5.74, 6) is -1.16. The van der Waals surface area contributed by atoms with Crippen molar-refractivity contribution in [3.8, 4) is 0 Å². The van der Waals surface area contributed by atoms with Crippen LogP contribution in [0.5, 0.6) is 0 Å². The molecule has 2 aliphatic rings. The lowest BCUT2D eigenvalue weighted by Crippen LogP contribution is -3.14. The number of nitrogens with zero attached hydrogens (tertiary/aromatic N) is 1. The lowest BCUT2D eigenvalue weighted by molar-refractivity contribution is -0.907. The van der Waals surface area contributed by atoms with Crippen LogP contribution in [0, 0.1) is 0 Å². The van der Waals surface area contributed by atoms with Crippen molar-refractivity contribution in [1.29, 1.82) is 0 Å². The van der Waals surface area contributed by atoms with Crippen molar-refractivity contribution in [3.05, 3.63) is 45.6 Å². The third kappa shape index (κ3) is 3.78. The van der Waals surface area contributed by atoms with Crippen molar-refractivity contribution in [2.24, 2.45) is 0 Å². The van der Waals surface area contributed by atoms with E-state index in [-0.39, 0.29) is 11.4 Å². The van der Waals surface area contributed by atoms with E-state index < -0.39 is 17.7 Å². The molecule has 2 N–H and O–H groups in total. The Morgan fingerprint density at radius 3 is 2.56 bits per heavy atom. The predicted octanol–water partition coefficient (Wildman–Crippen LogP) is 0.649. The third-order valence-electron chi connectivity index (χ3n) is 4.77. The number of rotatable bonds is 5. The zero-order valence-corrected chi connectivity index (χ0v) is 15.7. The quantitative estimate of drug-likeness (QED) is 0.748. The Morgan fingerprint density at radius 1 is 1.32 bits per heavy atom. The maximum absolute atomic E-state index is 12.6. The van der Waals surface area contributed by atoms with Gasteiger partial charge in [0.2, 0.25) is 0 Å². The van der Waals surface area contributed by atoms with Crippen LogP contribution in [0.15, 0.2) is 40.1 Å². The molecule has 0 bridgehead atoms. The van der Waals surface area contributed by atoms with E-state index in [1.165, 1.54) is 11.8 Å². The molecular formula is C18H22BrN2O4+. The van der Waals surface area contributed by atoms with Gasteiger partial charge in [-0.1, -0.05) is 28.1 Å². The minimum absolute atomic E-state index is 0.185. The number of amides is 1. The summed E-state index contributed by atoms with van der Waals surface area (Å²) < 4.78 is 6.28. The van der Waals surface area contributed by atoms with E-state index in [4.69, 9.17) is 4.74 Å². The van der Waals surface area contributed by atoms with E-state index in [0.29, 0.717) is 6.54 Å². The number of carbonyl (C=O) groups excluding carboxylic acids is 2. The first-order valence-corrected chi connectivity index (χ1v) is 9.20. The number of halogens is 1. The summed E-state index contributed by atoms with van der Waals surface area (Å²) >= 11 is 3.40. The molecule has 0 aliphatic carbocycles. The fraction of sp³-hybridized carbons (Fsp3) is 0.444. The third-order valence-corrected chi connectivity index (χ3v) is 5.30. The number of Topliss-reactive ketones (excluding diaryl/α,β-unsaturated/α-hetero) is 1. The number of hydrogen-bond acceptors (Lipinski definition) is 4. The first-order valence-electron chi connectivity index (χ1n) is 8.41. The van der Waals surface area contributed by atoms with Gasteiger partial charge in [0.15, 0.2) is 11.5 Å². The number of morpholine rings is 1. The van der Waals surface area contributed by atoms with Gasteiger partial charge >= 0.3 is 0 Å². The maximum atomic E-state index is 12.6. The molecule has 25 heavy (non-hydrogen) atoms. The average Bonchev–Trinajstić information content (AvgIpc) is 2.86. The number of benzene rings is 1. The number of ketones is 1. The van der Waals surface area contributed by atoms with Crippen LogP contribution in [-0.4, -0.2) is 61.1 Å². The van der Waals surface area contributed by atoms with Crippen molar-refractivity contribution in [2.45, 2.75) is 13.0 Å². The Hall–Kier alpha value is -1.70.